The molecule has 0 bridgehead atoms. The van der Waals surface area contributed by atoms with Gasteiger partial charge in [-0.1, -0.05) is 88.8 Å². The molecule has 0 aromatic heterocycles. The SMILES string of the molecule is CCCCCc1ccc(CCc2ccc(C3CCC(CCCCC)CC3)c(F)c2)cc1. The highest BCUT2D eigenvalue weighted by Gasteiger charge is 2.24. The van der Waals surface area contributed by atoms with E-state index in [4.69, 9.17) is 0 Å². The summed E-state index contributed by atoms with van der Waals surface area (Å²) in [5.41, 5.74) is 4.88. The fourth-order valence-corrected chi connectivity index (χ4v) is 5.24. The van der Waals surface area contributed by atoms with Gasteiger partial charge in [0.2, 0.25) is 0 Å². The normalized spacial score (nSPS) is 18.9. The van der Waals surface area contributed by atoms with Crippen molar-refractivity contribution in [3.63, 3.8) is 0 Å². The fraction of sp³-hybridized carbons (Fsp3) is 0.600. The number of rotatable bonds is 12. The molecule has 2 aromatic rings. The summed E-state index contributed by atoms with van der Waals surface area (Å²) in [7, 11) is 0. The Balaban J connectivity index is 1.46. The van der Waals surface area contributed by atoms with Crippen molar-refractivity contribution in [1.29, 1.82) is 0 Å². The summed E-state index contributed by atoms with van der Waals surface area (Å²) in [6.45, 7) is 4.52. The van der Waals surface area contributed by atoms with Crippen molar-refractivity contribution < 1.29 is 4.39 Å². The molecule has 0 amide bonds. The lowest BCUT2D eigenvalue weighted by atomic mass is 9.76. The predicted octanol–water partition coefficient (Wildman–Crippen LogP) is 9.20. The second kappa shape index (κ2) is 13.0. The Morgan fingerprint density at radius 2 is 1.26 bits per heavy atom. The summed E-state index contributed by atoms with van der Waals surface area (Å²) in [4.78, 5) is 0. The van der Waals surface area contributed by atoms with E-state index in [0.717, 1.165) is 42.7 Å². The van der Waals surface area contributed by atoms with Crippen molar-refractivity contribution in [3.8, 4) is 0 Å². The lowest BCUT2D eigenvalue weighted by Crippen LogP contribution is -2.14. The summed E-state index contributed by atoms with van der Waals surface area (Å²) in [6, 6.07) is 15.1. The van der Waals surface area contributed by atoms with Gasteiger partial charge < -0.3 is 0 Å². The van der Waals surface area contributed by atoms with Gasteiger partial charge in [0.15, 0.2) is 0 Å². The molecule has 31 heavy (non-hydrogen) atoms. The van der Waals surface area contributed by atoms with Crippen LogP contribution in [0.4, 0.5) is 4.39 Å². The van der Waals surface area contributed by atoms with Crippen LogP contribution in [0.5, 0.6) is 0 Å². The van der Waals surface area contributed by atoms with Crippen LogP contribution < -0.4 is 0 Å². The average Bonchev–Trinajstić information content (AvgIpc) is 2.80. The molecular weight excluding hydrogens is 379 g/mol. The predicted molar refractivity (Wildman–Crippen MR) is 132 cm³/mol. The van der Waals surface area contributed by atoms with E-state index < -0.39 is 0 Å². The lowest BCUT2D eigenvalue weighted by molar-refractivity contribution is 0.299. The van der Waals surface area contributed by atoms with Gasteiger partial charge in [0.05, 0.1) is 0 Å². The first-order chi connectivity index (χ1) is 15.2. The number of unbranched alkanes of at least 4 members (excludes halogenated alkanes) is 4. The molecule has 170 valence electrons. The maximum Gasteiger partial charge on any atom is 0.126 e. The Morgan fingerprint density at radius 1 is 0.677 bits per heavy atom. The maximum atomic E-state index is 14.9. The molecule has 0 nitrogen and oxygen atoms in total. The molecule has 0 radical (unpaired) electrons. The number of halogens is 1. The van der Waals surface area contributed by atoms with Crippen LogP contribution in [0.3, 0.4) is 0 Å². The van der Waals surface area contributed by atoms with E-state index in [2.05, 4.69) is 50.2 Å². The molecule has 1 heteroatoms. The van der Waals surface area contributed by atoms with Gasteiger partial charge in [-0.15, -0.1) is 0 Å². The van der Waals surface area contributed by atoms with Gasteiger partial charge in [-0.2, -0.15) is 0 Å². The van der Waals surface area contributed by atoms with Crippen molar-refractivity contribution in [2.45, 2.75) is 110 Å². The molecule has 0 heterocycles. The van der Waals surface area contributed by atoms with Crippen molar-refractivity contribution >= 4 is 0 Å². The molecule has 0 unspecified atom stereocenters. The third kappa shape index (κ3) is 7.78. The van der Waals surface area contributed by atoms with Gasteiger partial charge in [-0.3, -0.25) is 0 Å². The van der Waals surface area contributed by atoms with Crippen molar-refractivity contribution in [2.75, 3.05) is 0 Å². The van der Waals surface area contributed by atoms with Gasteiger partial charge in [-0.25, -0.2) is 4.39 Å². The fourth-order valence-electron chi connectivity index (χ4n) is 5.24. The van der Waals surface area contributed by atoms with Crippen LogP contribution in [-0.4, -0.2) is 0 Å². The first-order valence-corrected chi connectivity index (χ1v) is 13.1. The topological polar surface area (TPSA) is 0 Å². The molecule has 1 aliphatic rings. The van der Waals surface area contributed by atoms with Gasteiger partial charge in [0.1, 0.15) is 5.82 Å². The van der Waals surface area contributed by atoms with E-state index in [1.54, 1.807) is 0 Å². The molecule has 2 aromatic carbocycles. The minimum atomic E-state index is 0.0261. The zero-order chi connectivity index (χ0) is 21.9. The third-order valence-electron chi connectivity index (χ3n) is 7.36. The third-order valence-corrected chi connectivity index (χ3v) is 7.36. The van der Waals surface area contributed by atoms with Crippen LogP contribution in [0.2, 0.25) is 0 Å². The Labute approximate surface area is 190 Å². The van der Waals surface area contributed by atoms with Crippen LogP contribution >= 0.6 is 0 Å². The Bertz CT molecular complexity index is 752. The van der Waals surface area contributed by atoms with E-state index in [0.29, 0.717) is 5.92 Å². The summed E-state index contributed by atoms with van der Waals surface area (Å²) >= 11 is 0. The average molecular weight is 423 g/mol. The number of hydrogen-bond donors (Lipinski definition) is 0. The number of aryl methyl sites for hydroxylation is 3. The molecular formula is C30H43F. The van der Waals surface area contributed by atoms with Crippen LogP contribution in [0.25, 0.3) is 0 Å². The molecule has 0 saturated heterocycles. The highest BCUT2D eigenvalue weighted by molar-refractivity contribution is 5.29. The van der Waals surface area contributed by atoms with E-state index in [9.17, 15) is 4.39 Å². The van der Waals surface area contributed by atoms with Crippen molar-refractivity contribution in [3.05, 3.63) is 70.5 Å². The van der Waals surface area contributed by atoms with Crippen LogP contribution in [0.15, 0.2) is 42.5 Å². The zero-order valence-electron chi connectivity index (χ0n) is 20.0. The van der Waals surface area contributed by atoms with Crippen LogP contribution in [-0.2, 0) is 19.3 Å². The largest absolute Gasteiger partial charge is 0.207 e. The van der Waals surface area contributed by atoms with Gasteiger partial charge in [-0.05, 0) is 91.5 Å². The minimum absolute atomic E-state index is 0.0261. The van der Waals surface area contributed by atoms with Crippen molar-refractivity contribution in [2.24, 2.45) is 5.92 Å². The summed E-state index contributed by atoms with van der Waals surface area (Å²) in [5.74, 6) is 1.33. The molecule has 0 spiro atoms. The van der Waals surface area contributed by atoms with Gasteiger partial charge >= 0.3 is 0 Å². The molecule has 1 aliphatic carbocycles. The molecule has 0 aliphatic heterocycles. The van der Waals surface area contributed by atoms with E-state index >= 15 is 0 Å². The monoisotopic (exact) mass is 422 g/mol. The Hall–Kier alpha value is -1.63. The first-order valence-electron chi connectivity index (χ1n) is 13.1. The van der Waals surface area contributed by atoms with Crippen molar-refractivity contribution in [1.82, 2.24) is 0 Å². The first kappa shape index (κ1) is 24.0. The highest BCUT2D eigenvalue weighted by atomic mass is 19.1. The van der Waals surface area contributed by atoms with Crippen LogP contribution in [0.1, 0.15) is 113 Å². The van der Waals surface area contributed by atoms with E-state index in [1.165, 1.54) is 75.3 Å². The highest BCUT2D eigenvalue weighted by Crippen LogP contribution is 2.38. The van der Waals surface area contributed by atoms with Gasteiger partial charge in [0.25, 0.3) is 0 Å². The zero-order valence-corrected chi connectivity index (χ0v) is 20.0. The number of benzene rings is 2. The molecule has 1 fully saturated rings. The van der Waals surface area contributed by atoms with E-state index in [-0.39, 0.29) is 5.82 Å². The molecule has 1 saturated carbocycles. The molecule has 0 atom stereocenters. The minimum Gasteiger partial charge on any atom is -0.207 e. The number of hydrogen-bond acceptors (Lipinski definition) is 0. The summed E-state index contributed by atoms with van der Waals surface area (Å²) in [5, 5.41) is 0. The quantitative estimate of drug-likeness (QED) is 0.299. The summed E-state index contributed by atoms with van der Waals surface area (Å²) in [6.07, 6.45) is 17.2. The second-order valence-electron chi connectivity index (χ2n) is 9.84. The smallest absolute Gasteiger partial charge is 0.126 e. The maximum absolute atomic E-state index is 14.9. The van der Waals surface area contributed by atoms with Gasteiger partial charge in [0, 0.05) is 0 Å². The second-order valence-corrected chi connectivity index (χ2v) is 9.84. The van der Waals surface area contributed by atoms with Crippen LogP contribution in [0, 0.1) is 11.7 Å². The molecule has 0 N–H and O–H groups in total. The molecule has 3 rings (SSSR count). The van der Waals surface area contributed by atoms with E-state index in [1.807, 2.05) is 6.07 Å². The standard InChI is InChI=1S/C30H43F/c1-3-5-7-9-24-11-13-26(14-12-24)15-16-27-19-22-29(30(31)23-27)28-20-17-25(18-21-28)10-8-6-4-2/h11-14,19,22-23,25,28H,3-10,15-18,20-21H2,1-2H3. The Kier molecular flexibility index (Phi) is 10.1. The Morgan fingerprint density at radius 3 is 1.90 bits per heavy atom. The summed E-state index contributed by atoms with van der Waals surface area (Å²) < 4.78 is 14.9. The lowest BCUT2D eigenvalue weighted by Gasteiger charge is -2.29.